The lowest BCUT2D eigenvalue weighted by Gasteiger charge is -2.08. The van der Waals surface area contributed by atoms with E-state index >= 15 is 0 Å². The number of thioether (sulfide) groups is 1. The highest BCUT2D eigenvalue weighted by Crippen LogP contribution is 2.36. The molecule has 6 nitrogen and oxygen atoms in total. The lowest BCUT2D eigenvalue weighted by molar-refractivity contribution is -0.137. The molecule has 1 atom stereocenters. The predicted molar refractivity (Wildman–Crippen MR) is 125 cm³/mol. The molecule has 11 heteroatoms. The van der Waals surface area contributed by atoms with Crippen LogP contribution in [0.15, 0.2) is 69.2 Å². The molecule has 4 rings (SSSR count). The fraction of sp³-hybridized carbons (Fsp3) is 0.174. The van der Waals surface area contributed by atoms with Crippen LogP contribution in [-0.2, 0) is 17.4 Å². The molecule has 0 radical (unpaired) electrons. The van der Waals surface area contributed by atoms with Crippen molar-refractivity contribution >= 4 is 40.7 Å². The molecule has 1 aromatic heterocycles. The number of hydrogen-bond acceptors (Lipinski definition) is 6. The fourth-order valence-electron chi connectivity index (χ4n) is 3.16. The van der Waals surface area contributed by atoms with Gasteiger partial charge in [0.25, 0.3) is 0 Å². The van der Waals surface area contributed by atoms with Gasteiger partial charge in [0, 0.05) is 5.56 Å². The first-order valence-corrected chi connectivity index (χ1v) is 11.2. The number of hydrogen-bond donors (Lipinski definition) is 1. The van der Waals surface area contributed by atoms with Crippen LogP contribution in [0.5, 0.6) is 5.75 Å². The summed E-state index contributed by atoms with van der Waals surface area (Å²) in [4.78, 5) is 12.2. The van der Waals surface area contributed by atoms with Gasteiger partial charge in [-0.15, -0.1) is 5.10 Å². The maximum absolute atomic E-state index is 13.0. The van der Waals surface area contributed by atoms with Gasteiger partial charge in [-0.3, -0.25) is 4.79 Å². The van der Waals surface area contributed by atoms with Crippen LogP contribution in [0.2, 0.25) is 5.02 Å². The van der Waals surface area contributed by atoms with E-state index in [0.717, 1.165) is 23.4 Å². The van der Waals surface area contributed by atoms with Crippen LogP contribution in [0.1, 0.15) is 16.9 Å². The second kappa shape index (κ2) is 9.94. The highest BCUT2D eigenvalue weighted by Gasteiger charge is 2.32. The van der Waals surface area contributed by atoms with Crippen molar-refractivity contribution in [2.45, 2.75) is 17.8 Å². The van der Waals surface area contributed by atoms with E-state index in [2.05, 4.69) is 15.5 Å². The highest BCUT2D eigenvalue weighted by atomic mass is 35.5. The highest BCUT2D eigenvalue weighted by molar-refractivity contribution is 8.15. The van der Waals surface area contributed by atoms with Gasteiger partial charge >= 0.3 is 6.18 Å². The largest absolute Gasteiger partial charge is 0.497 e. The normalized spacial score (nSPS) is 17.5. The Kier molecular flexibility index (Phi) is 6.99. The van der Waals surface area contributed by atoms with E-state index in [-0.39, 0.29) is 33.3 Å². The van der Waals surface area contributed by atoms with Crippen LogP contribution in [0.3, 0.4) is 0 Å². The Morgan fingerprint density at radius 2 is 1.94 bits per heavy atom. The summed E-state index contributed by atoms with van der Waals surface area (Å²) >= 11 is 7.31. The number of carbonyl (C=O) groups excluding carboxylic acids is 1. The molecule has 0 aliphatic carbocycles. The third kappa shape index (κ3) is 5.63. The zero-order valence-electron chi connectivity index (χ0n) is 17.6. The molecule has 34 heavy (non-hydrogen) atoms. The third-order valence-electron chi connectivity index (χ3n) is 4.88. The minimum atomic E-state index is -4.50. The van der Waals surface area contributed by atoms with Crippen molar-refractivity contribution in [1.82, 2.24) is 5.32 Å². The van der Waals surface area contributed by atoms with Gasteiger partial charge in [0.1, 0.15) is 17.3 Å². The number of amides is 1. The van der Waals surface area contributed by atoms with Gasteiger partial charge in [-0.25, -0.2) is 0 Å². The first kappa shape index (κ1) is 23.9. The number of rotatable bonds is 6. The molecular formula is C23H17ClF3N3O3S. The summed E-state index contributed by atoms with van der Waals surface area (Å²) in [7, 11) is 1.59. The molecule has 0 bridgehead atoms. The van der Waals surface area contributed by atoms with E-state index in [1.54, 1.807) is 7.11 Å². The first-order valence-electron chi connectivity index (χ1n) is 9.91. The number of halogens is 4. The molecule has 2 aromatic carbocycles. The summed E-state index contributed by atoms with van der Waals surface area (Å²) in [6, 6.07) is 13.5. The minimum absolute atomic E-state index is 0.113. The number of carbonyl (C=O) groups is 1. The number of nitrogens with zero attached hydrogens (tertiary/aromatic N) is 2. The molecule has 1 aliphatic heterocycles. The predicted octanol–water partition coefficient (Wildman–Crippen LogP) is 5.79. The molecule has 1 N–H and O–H groups in total. The van der Waals surface area contributed by atoms with Crippen molar-refractivity contribution in [2.24, 2.45) is 10.2 Å². The van der Waals surface area contributed by atoms with Crippen molar-refractivity contribution in [3.8, 4) is 17.1 Å². The zero-order valence-corrected chi connectivity index (χ0v) is 19.2. The Morgan fingerprint density at radius 3 is 2.65 bits per heavy atom. The van der Waals surface area contributed by atoms with Crippen molar-refractivity contribution in [1.29, 1.82) is 0 Å². The minimum Gasteiger partial charge on any atom is -0.497 e. The molecule has 1 amide bonds. The van der Waals surface area contributed by atoms with Gasteiger partial charge in [-0.05, 0) is 54.4 Å². The number of ether oxygens (including phenoxy) is 1. The van der Waals surface area contributed by atoms with E-state index in [9.17, 15) is 18.0 Å². The van der Waals surface area contributed by atoms with Gasteiger partial charge in [0.15, 0.2) is 5.17 Å². The Labute approximate surface area is 201 Å². The van der Waals surface area contributed by atoms with E-state index in [1.165, 1.54) is 36.2 Å². The molecule has 176 valence electrons. The lowest BCUT2D eigenvalue weighted by Crippen LogP contribution is -2.25. The number of benzene rings is 2. The molecule has 1 fully saturated rings. The van der Waals surface area contributed by atoms with Gasteiger partial charge < -0.3 is 14.5 Å². The molecule has 0 saturated carbocycles. The van der Waals surface area contributed by atoms with Crippen molar-refractivity contribution in [2.75, 3.05) is 7.11 Å². The van der Waals surface area contributed by atoms with Crippen LogP contribution in [0, 0.1) is 0 Å². The molecule has 0 spiro atoms. The molecule has 1 saturated heterocycles. The number of furan rings is 1. The van der Waals surface area contributed by atoms with Gasteiger partial charge in [-0.2, -0.15) is 18.3 Å². The number of alkyl halides is 3. The Hall–Kier alpha value is -3.24. The van der Waals surface area contributed by atoms with Gasteiger partial charge in [0.2, 0.25) is 5.91 Å². The van der Waals surface area contributed by atoms with Gasteiger partial charge in [-0.1, -0.05) is 35.5 Å². The molecule has 3 aromatic rings. The second-order valence-corrected chi connectivity index (χ2v) is 8.79. The number of methoxy groups -OCH3 is 1. The first-order chi connectivity index (χ1) is 16.2. The quantitative estimate of drug-likeness (QED) is 0.338. The third-order valence-corrected chi connectivity index (χ3v) is 6.28. The maximum Gasteiger partial charge on any atom is 0.416 e. The molecule has 2 heterocycles. The van der Waals surface area contributed by atoms with E-state index in [4.69, 9.17) is 20.8 Å². The lowest BCUT2D eigenvalue weighted by atomic mass is 10.1. The summed E-state index contributed by atoms with van der Waals surface area (Å²) in [5.41, 5.74) is 0.264. The maximum atomic E-state index is 13.0. The van der Waals surface area contributed by atoms with Crippen LogP contribution in [0.25, 0.3) is 11.3 Å². The van der Waals surface area contributed by atoms with Crippen LogP contribution < -0.4 is 10.1 Å². The number of amidine groups is 1. The van der Waals surface area contributed by atoms with Crippen LogP contribution in [0.4, 0.5) is 13.2 Å². The van der Waals surface area contributed by atoms with Crippen molar-refractivity contribution < 1.29 is 27.1 Å². The molecule has 1 unspecified atom stereocenters. The topological polar surface area (TPSA) is 76.2 Å². The summed E-state index contributed by atoms with van der Waals surface area (Å²) < 4.78 is 49.7. The second-order valence-electron chi connectivity index (χ2n) is 7.19. The Balaban J connectivity index is 1.41. The monoisotopic (exact) mass is 507 g/mol. The van der Waals surface area contributed by atoms with Gasteiger partial charge in [0.05, 0.1) is 29.2 Å². The molecule has 1 aliphatic rings. The average molecular weight is 508 g/mol. The van der Waals surface area contributed by atoms with Crippen molar-refractivity contribution in [3.63, 3.8) is 0 Å². The van der Waals surface area contributed by atoms with E-state index in [1.807, 2.05) is 24.3 Å². The number of nitrogens with one attached hydrogen (secondary N) is 1. The van der Waals surface area contributed by atoms with E-state index in [0.29, 0.717) is 11.6 Å². The zero-order chi connectivity index (χ0) is 24.3. The Bertz CT molecular complexity index is 1260. The van der Waals surface area contributed by atoms with Crippen LogP contribution in [-0.4, -0.2) is 29.6 Å². The standard InChI is InChI=1S/C23H17ClF3N3O3S/c1-32-15-5-2-13(3-6-15)10-20-21(31)29-22(34-20)30-28-12-16-7-9-19(33-16)17-11-14(23(25,26)27)4-8-18(17)24/h2-9,11-12,20H,10H2,1H3,(H,29,30,31)/b28-12+. The molecular weight excluding hydrogens is 491 g/mol. The summed E-state index contributed by atoms with van der Waals surface area (Å²) in [5.74, 6) is 0.986. The van der Waals surface area contributed by atoms with Crippen LogP contribution >= 0.6 is 23.4 Å². The fourth-order valence-corrected chi connectivity index (χ4v) is 4.33. The Morgan fingerprint density at radius 1 is 1.18 bits per heavy atom. The summed E-state index contributed by atoms with van der Waals surface area (Å²) in [5, 5.41) is 10.7. The summed E-state index contributed by atoms with van der Waals surface area (Å²) in [6.45, 7) is 0. The average Bonchev–Trinajstić information content (AvgIpc) is 3.40. The smallest absolute Gasteiger partial charge is 0.416 e. The van der Waals surface area contributed by atoms with Crippen molar-refractivity contribution in [3.05, 3.63) is 76.5 Å². The summed E-state index contributed by atoms with van der Waals surface area (Å²) in [6.07, 6.45) is -2.69. The SMILES string of the molecule is COc1ccc(CC2S/C(=N/N=C/c3ccc(-c4cc(C(F)(F)F)ccc4Cl)o3)NC2=O)cc1. The van der Waals surface area contributed by atoms with E-state index < -0.39 is 11.7 Å².